The lowest BCUT2D eigenvalue weighted by Gasteiger charge is -2.28. The largest absolute Gasteiger partial charge is 0.391 e. The summed E-state index contributed by atoms with van der Waals surface area (Å²) >= 11 is 2.39. The number of hydrogen-bond donors (Lipinski definition) is 1. The molecular formula is C18H21IO. The minimum atomic E-state index is -0.354. The van der Waals surface area contributed by atoms with Crippen molar-refractivity contribution in [2.24, 2.45) is 0 Å². The van der Waals surface area contributed by atoms with Gasteiger partial charge in [-0.1, -0.05) is 97.1 Å². The fourth-order valence-electron chi connectivity index (χ4n) is 2.47. The van der Waals surface area contributed by atoms with Crippen LogP contribution in [-0.4, -0.2) is 15.1 Å². The molecule has 2 aromatic rings. The summed E-state index contributed by atoms with van der Waals surface area (Å²) in [5.74, 6) is 0.474. The molecule has 1 nitrogen and oxygen atoms in total. The highest BCUT2D eigenvalue weighted by Gasteiger charge is 2.28. The van der Waals surface area contributed by atoms with Gasteiger partial charge in [-0.2, -0.15) is 0 Å². The van der Waals surface area contributed by atoms with Crippen molar-refractivity contribution in [3.05, 3.63) is 71.8 Å². The third kappa shape index (κ3) is 3.61. The molecular weight excluding hydrogens is 359 g/mol. The zero-order chi connectivity index (χ0) is 14.5. The van der Waals surface area contributed by atoms with Crippen molar-refractivity contribution < 1.29 is 5.11 Å². The standard InChI is InChI=1S/C18H21IO/c1-13(15-9-5-3-6-10-15)17(19)18(20)14(2)16-11-7-4-8-12-16/h3-14,17-18,20H,1-2H3/t13-,14-,17+,18+/m1/s1. The first-order valence-electron chi connectivity index (χ1n) is 7.03. The van der Waals surface area contributed by atoms with Crippen LogP contribution in [0.2, 0.25) is 0 Å². The molecule has 2 aromatic carbocycles. The SMILES string of the molecule is C[C@H](c1ccccc1)[C@H](O)[C@@H](I)[C@H](C)c1ccccc1. The van der Waals surface area contributed by atoms with E-state index >= 15 is 0 Å². The first kappa shape index (κ1) is 15.5. The Kier molecular flexibility index (Phi) is 5.61. The first-order chi connectivity index (χ1) is 9.61. The molecule has 2 heteroatoms. The lowest BCUT2D eigenvalue weighted by molar-refractivity contribution is 0.144. The van der Waals surface area contributed by atoms with E-state index in [0.717, 1.165) is 0 Å². The van der Waals surface area contributed by atoms with Crippen LogP contribution in [-0.2, 0) is 0 Å². The van der Waals surface area contributed by atoms with Crippen LogP contribution in [0.3, 0.4) is 0 Å². The number of halogens is 1. The van der Waals surface area contributed by atoms with E-state index in [1.54, 1.807) is 0 Å². The molecule has 2 rings (SSSR count). The maximum atomic E-state index is 10.7. The highest BCUT2D eigenvalue weighted by Crippen LogP contribution is 2.33. The highest BCUT2D eigenvalue weighted by molar-refractivity contribution is 14.1. The van der Waals surface area contributed by atoms with Gasteiger partial charge >= 0.3 is 0 Å². The molecule has 0 radical (unpaired) electrons. The van der Waals surface area contributed by atoms with E-state index in [-0.39, 0.29) is 15.9 Å². The summed E-state index contributed by atoms with van der Waals surface area (Å²) in [5, 5.41) is 10.7. The summed E-state index contributed by atoms with van der Waals surface area (Å²) in [6.45, 7) is 4.29. The van der Waals surface area contributed by atoms with Crippen molar-refractivity contribution >= 4 is 22.6 Å². The van der Waals surface area contributed by atoms with E-state index in [1.807, 2.05) is 24.3 Å². The van der Waals surface area contributed by atoms with E-state index in [9.17, 15) is 5.11 Å². The molecule has 0 aliphatic heterocycles. The average molecular weight is 380 g/mol. The smallest absolute Gasteiger partial charge is 0.0729 e. The molecule has 0 heterocycles. The third-order valence-corrected chi connectivity index (χ3v) is 5.78. The first-order valence-corrected chi connectivity index (χ1v) is 8.28. The van der Waals surface area contributed by atoms with Gasteiger partial charge in [-0.05, 0) is 17.0 Å². The number of aliphatic hydroxyl groups is 1. The van der Waals surface area contributed by atoms with Gasteiger partial charge in [-0.15, -0.1) is 0 Å². The van der Waals surface area contributed by atoms with Crippen LogP contribution in [0.5, 0.6) is 0 Å². The van der Waals surface area contributed by atoms with Crippen molar-refractivity contribution in [1.82, 2.24) is 0 Å². The molecule has 0 saturated carbocycles. The molecule has 0 saturated heterocycles. The van der Waals surface area contributed by atoms with Crippen LogP contribution < -0.4 is 0 Å². The Hall–Kier alpha value is -0.870. The third-order valence-electron chi connectivity index (χ3n) is 3.97. The molecule has 1 N–H and O–H groups in total. The van der Waals surface area contributed by atoms with Crippen molar-refractivity contribution in [3.63, 3.8) is 0 Å². The summed E-state index contributed by atoms with van der Waals surface area (Å²) < 4.78 is 0.185. The van der Waals surface area contributed by atoms with E-state index in [1.165, 1.54) is 11.1 Å². The van der Waals surface area contributed by atoms with Gasteiger partial charge in [0, 0.05) is 9.84 Å². The minimum absolute atomic E-state index is 0.143. The number of rotatable bonds is 5. The summed E-state index contributed by atoms with van der Waals surface area (Å²) in [5.41, 5.74) is 2.48. The molecule has 0 amide bonds. The predicted molar refractivity (Wildman–Crippen MR) is 93.5 cm³/mol. The van der Waals surface area contributed by atoms with E-state index in [4.69, 9.17) is 0 Å². The molecule has 0 aliphatic rings. The Balaban J connectivity index is 2.10. The number of alkyl halides is 1. The van der Waals surface area contributed by atoms with Crippen molar-refractivity contribution in [3.8, 4) is 0 Å². The molecule has 0 unspecified atom stereocenters. The van der Waals surface area contributed by atoms with Gasteiger partial charge in [0.25, 0.3) is 0 Å². The Morgan fingerprint density at radius 2 is 1.15 bits per heavy atom. The van der Waals surface area contributed by atoms with Crippen LogP contribution in [0.1, 0.15) is 36.8 Å². The minimum Gasteiger partial charge on any atom is -0.391 e. The van der Waals surface area contributed by atoms with Gasteiger partial charge in [0.15, 0.2) is 0 Å². The molecule has 0 aromatic heterocycles. The van der Waals surface area contributed by atoms with Gasteiger partial charge < -0.3 is 5.11 Å². The van der Waals surface area contributed by atoms with Gasteiger partial charge in [-0.3, -0.25) is 0 Å². The van der Waals surface area contributed by atoms with Crippen molar-refractivity contribution in [2.45, 2.75) is 35.7 Å². The summed E-state index contributed by atoms with van der Waals surface area (Å²) in [4.78, 5) is 0. The zero-order valence-electron chi connectivity index (χ0n) is 11.9. The van der Waals surface area contributed by atoms with Gasteiger partial charge in [0.1, 0.15) is 0 Å². The molecule has 20 heavy (non-hydrogen) atoms. The molecule has 0 fully saturated rings. The van der Waals surface area contributed by atoms with E-state index < -0.39 is 0 Å². The second-order valence-corrected chi connectivity index (χ2v) is 6.77. The van der Waals surface area contributed by atoms with Crippen molar-refractivity contribution in [1.29, 1.82) is 0 Å². The molecule has 0 bridgehead atoms. The number of hydrogen-bond acceptors (Lipinski definition) is 1. The Labute approximate surface area is 135 Å². The maximum Gasteiger partial charge on any atom is 0.0729 e. The van der Waals surface area contributed by atoms with Crippen LogP contribution in [0, 0.1) is 0 Å². The van der Waals surface area contributed by atoms with Crippen molar-refractivity contribution in [2.75, 3.05) is 0 Å². The number of aliphatic hydroxyl groups excluding tert-OH is 1. The zero-order valence-corrected chi connectivity index (χ0v) is 14.1. The molecule has 106 valence electrons. The average Bonchev–Trinajstić information content (AvgIpc) is 2.53. The predicted octanol–water partition coefficient (Wildman–Crippen LogP) is 4.76. The van der Waals surface area contributed by atoms with Gasteiger partial charge in [-0.25, -0.2) is 0 Å². The monoisotopic (exact) mass is 380 g/mol. The molecule has 4 atom stereocenters. The Morgan fingerprint density at radius 3 is 1.60 bits per heavy atom. The topological polar surface area (TPSA) is 20.2 Å². The maximum absolute atomic E-state index is 10.7. The normalized spacial score (nSPS) is 17.2. The van der Waals surface area contributed by atoms with Crippen LogP contribution in [0.25, 0.3) is 0 Å². The van der Waals surface area contributed by atoms with Crippen LogP contribution in [0.15, 0.2) is 60.7 Å². The highest BCUT2D eigenvalue weighted by atomic mass is 127. The lowest BCUT2D eigenvalue weighted by atomic mass is 9.87. The Morgan fingerprint density at radius 1 is 0.750 bits per heavy atom. The molecule has 0 spiro atoms. The fourth-order valence-corrected chi connectivity index (χ4v) is 3.50. The Bertz CT molecular complexity index is 462. The summed E-state index contributed by atoms with van der Waals surface area (Å²) in [6.07, 6.45) is -0.354. The van der Waals surface area contributed by atoms with Gasteiger partial charge in [0.2, 0.25) is 0 Å². The van der Waals surface area contributed by atoms with E-state index in [2.05, 4.69) is 72.8 Å². The van der Waals surface area contributed by atoms with Gasteiger partial charge in [0.05, 0.1) is 6.10 Å². The second kappa shape index (κ2) is 7.23. The van der Waals surface area contributed by atoms with Crippen LogP contribution >= 0.6 is 22.6 Å². The summed E-state index contributed by atoms with van der Waals surface area (Å²) in [6, 6.07) is 20.7. The van der Waals surface area contributed by atoms with Crippen LogP contribution in [0.4, 0.5) is 0 Å². The molecule has 0 aliphatic carbocycles. The van der Waals surface area contributed by atoms with E-state index in [0.29, 0.717) is 5.92 Å². The summed E-state index contributed by atoms with van der Waals surface area (Å²) in [7, 11) is 0. The lowest BCUT2D eigenvalue weighted by Crippen LogP contribution is -2.30. The number of benzene rings is 2. The second-order valence-electron chi connectivity index (χ2n) is 5.33. The fraction of sp³-hybridized carbons (Fsp3) is 0.333. The quantitative estimate of drug-likeness (QED) is 0.586.